The first kappa shape index (κ1) is 40.6. The zero-order valence-electron chi connectivity index (χ0n) is 33.0. The molecule has 8 atom stereocenters. The van der Waals surface area contributed by atoms with Gasteiger partial charge in [-0.3, -0.25) is 14.6 Å². The Hall–Kier alpha value is -4.63. The van der Waals surface area contributed by atoms with Gasteiger partial charge in [0.05, 0.1) is 19.3 Å². The molecule has 11 nitrogen and oxygen atoms in total. The highest BCUT2D eigenvalue weighted by molar-refractivity contribution is 5.88. The van der Waals surface area contributed by atoms with Crippen LogP contribution in [0, 0.1) is 29.6 Å². The van der Waals surface area contributed by atoms with Gasteiger partial charge < -0.3 is 41.5 Å². The molecule has 7 rings (SSSR count). The number of phenolic OH excluding ortho intramolecular Hbond substituents is 2. The first-order valence-electron chi connectivity index (χ1n) is 20.9. The molecule has 2 aliphatic heterocycles. The van der Waals surface area contributed by atoms with E-state index in [1.54, 1.807) is 24.3 Å². The summed E-state index contributed by atoms with van der Waals surface area (Å²) in [7, 11) is 1.49. The number of nitrogens with zero attached hydrogens (tertiary/aromatic N) is 1. The van der Waals surface area contributed by atoms with Crippen LogP contribution in [0.4, 0.5) is 0 Å². The third kappa shape index (κ3) is 9.92. The summed E-state index contributed by atoms with van der Waals surface area (Å²) >= 11 is 0. The van der Waals surface area contributed by atoms with Crippen molar-refractivity contribution in [2.75, 3.05) is 20.2 Å². The van der Waals surface area contributed by atoms with Gasteiger partial charge in [-0.05, 0) is 140 Å². The average Bonchev–Trinajstić information content (AvgIpc) is 3.26. The number of benzene rings is 3. The van der Waals surface area contributed by atoms with Gasteiger partial charge in [-0.1, -0.05) is 36.8 Å². The van der Waals surface area contributed by atoms with Crippen molar-refractivity contribution >= 4 is 28.3 Å². The molecule has 0 spiro atoms. The summed E-state index contributed by atoms with van der Waals surface area (Å²) < 4.78 is 5.43. The number of hydrogen-bond donors (Lipinski definition) is 7. The number of Topliss-reactive ketones (excluding diaryl/α,β-unsaturated/α-hetero) is 2. The van der Waals surface area contributed by atoms with Crippen molar-refractivity contribution in [3.63, 3.8) is 0 Å². The molecule has 3 aromatic rings. The summed E-state index contributed by atoms with van der Waals surface area (Å²) in [6.07, 6.45) is 7.87. The number of fused-ring (bicyclic) bond motifs is 3. The van der Waals surface area contributed by atoms with E-state index in [-0.39, 0.29) is 29.7 Å². The second-order valence-corrected chi connectivity index (χ2v) is 16.8. The maximum Gasteiger partial charge on any atom is 0.188 e. The normalized spacial score (nSPS) is 26.0. The van der Waals surface area contributed by atoms with E-state index in [0.717, 1.165) is 78.1 Å². The molecule has 0 aromatic heterocycles. The van der Waals surface area contributed by atoms with E-state index in [1.807, 2.05) is 18.2 Å². The Kier molecular flexibility index (Phi) is 13.0. The second kappa shape index (κ2) is 18.3. The Morgan fingerprint density at radius 1 is 0.982 bits per heavy atom. The lowest BCUT2D eigenvalue weighted by Gasteiger charge is -2.39. The molecule has 0 radical (unpaired) electrons. The molecule has 57 heavy (non-hydrogen) atoms. The van der Waals surface area contributed by atoms with Crippen molar-refractivity contribution in [3.05, 3.63) is 64.7 Å². The van der Waals surface area contributed by atoms with Crippen molar-refractivity contribution in [2.24, 2.45) is 28.5 Å². The molecule has 1 saturated heterocycles. The number of ether oxygens (including phenoxy) is 1. The average molecular weight is 779 g/mol. The Labute approximate surface area is 335 Å². The van der Waals surface area contributed by atoms with Crippen molar-refractivity contribution < 1.29 is 34.8 Å². The van der Waals surface area contributed by atoms with E-state index in [0.29, 0.717) is 86.9 Å². The van der Waals surface area contributed by atoms with Gasteiger partial charge in [-0.25, -0.2) is 0 Å². The minimum absolute atomic E-state index is 0.0177. The number of aromatic hydroxyl groups is 2. The minimum atomic E-state index is -0.894. The first-order chi connectivity index (χ1) is 27.5. The van der Waals surface area contributed by atoms with Crippen molar-refractivity contribution in [3.8, 4) is 29.1 Å². The molecule has 0 bridgehead atoms. The molecule has 8 N–H and O–H groups in total. The molecular weight excluding hydrogens is 721 g/mol. The predicted octanol–water partition coefficient (Wildman–Crippen LogP) is 5.48. The highest BCUT2D eigenvalue weighted by Crippen LogP contribution is 2.39. The number of nitrogens with two attached hydrogens (primary N) is 1. The number of piperidine rings is 1. The summed E-state index contributed by atoms with van der Waals surface area (Å²) in [6, 6.07) is 13.0. The van der Waals surface area contributed by atoms with Crippen LogP contribution in [0.2, 0.25) is 0 Å². The SMILES string of the molecule is COc1cc2c(cc1O)[C@H](CC[C@H](O)c1cc(C[C@@H]3CCN=C(N)N3)c3cc(O)ccc3c1)C#C[C@H]([C@H](O)CCCC[C@H]1CN[C@@H]3CC(=O)CC[C@H]3C1)C(=O)CC2. The smallest absolute Gasteiger partial charge is 0.188 e. The lowest BCUT2D eigenvalue weighted by atomic mass is 9.74. The summed E-state index contributed by atoms with van der Waals surface area (Å²) in [4.78, 5) is 29.8. The third-order valence-electron chi connectivity index (χ3n) is 12.8. The Morgan fingerprint density at radius 2 is 1.84 bits per heavy atom. The van der Waals surface area contributed by atoms with Gasteiger partial charge in [0.15, 0.2) is 23.2 Å². The van der Waals surface area contributed by atoms with Gasteiger partial charge in [0.1, 0.15) is 17.5 Å². The lowest BCUT2D eigenvalue weighted by Crippen LogP contribution is -2.48. The largest absolute Gasteiger partial charge is 0.508 e. The van der Waals surface area contributed by atoms with Crippen LogP contribution in [0.25, 0.3) is 10.8 Å². The fourth-order valence-electron chi connectivity index (χ4n) is 9.60. The number of carbonyl (C=O) groups is 2. The number of nitrogens with one attached hydrogen (secondary N) is 2. The van der Waals surface area contributed by atoms with Crippen LogP contribution in [0.5, 0.6) is 17.2 Å². The highest BCUT2D eigenvalue weighted by atomic mass is 16.5. The fourth-order valence-corrected chi connectivity index (χ4v) is 9.60. The summed E-state index contributed by atoms with van der Waals surface area (Å²) in [5.74, 6) is 7.57. The number of aliphatic imine (C=N–C) groups is 1. The van der Waals surface area contributed by atoms with Crippen LogP contribution < -0.4 is 21.1 Å². The van der Waals surface area contributed by atoms with Gasteiger partial charge in [0.2, 0.25) is 0 Å². The molecule has 2 aliphatic carbocycles. The van der Waals surface area contributed by atoms with Crippen LogP contribution in [0.15, 0.2) is 47.5 Å². The number of aliphatic hydroxyl groups is 2. The van der Waals surface area contributed by atoms with E-state index in [9.17, 15) is 30.0 Å². The Balaban J connectivity index is 1.05. The second-order valence-electron chi connectivity index (χ2n) is 16.8. The molecular formula is C46H58N4O7. The van der Waals surface area contributed by atoms with E-state index >= 15 is 0 Å². The zero-order chi connectivity index (χ0) is 40.1. The molecule has 4 aliphatic rings. The van der Waals surface area contributed by atoms with Gasteiger partial charge >= 0.3 is 0 Å². The molecule has 2 heterocycles. The standard InChI is InChI=1S/C46H58N4O7/c1-57-45-22-30-10-15-43(55)37(42(54)5-3-2-4-27-18-31-7-12-36(52)24-40(31)49-26-27)13-8-28(39(30)25-44(45)56)9-14-41(53)33-19-29-6-11-35(51)23-38(29)32(20-33)21-34-16-17-48-46(47)50-34/h6,11,19-20,22-23,25,27-28,31,34,37,40-42,49,51,53-54,56H,2-5,7,9-10,12,14-18,21,24,26H2,1H3,(H3,47,48,50)/t27-,28+,31+,34+,37-,40-,41+,42-/m1/s1. The van der Waals surface area contributed by atoms with Gasteiger partial charge in [0.25, 0.3) is 0 Å². The Morgan fingerprint density at radius 3 is 2.67 bits per heavy atom. The molecule has 0 unspecified atom stereocenters. The fraction of sp³-hybridized carbons (Fsp3) is 0.543. The number of phenols is 2. The monoisotopic (exact) mass is 778 g/mol. The zero-order valence-corrected chi connectivity index (χ0v) is 33.0. The summed E-state index contributed by atoms with van der Waals surface area (Å²) in [6.45, 7) is 1.56. The van der Waals surface area contributed by atoms with Crippen molar-refractivity contribution in [2.45, 2.75) is 120 Å². The van der Waals surface area contributed by atoms with E-state index in [1.165, 1.54) is 7.11 Å². The third-order valence-corrected chi connectivity index (χ3v) is 12.8. The topological polar surface area (TPSA) is 187 Å². The maximum absolute atomic E-state index is 13.7. The predicted molar refractivity (Wildman–Crippen MR) is 220 cm³/mol. The molecule has 3 aromatic carbocycles. The number of ketones is 2. The number of unbranched alkanes of at least 4 members (excludes halogenated alkanes) is 1. The summed E-state index contributed by atoms with van der Waals surface area (Å²) in [5.41, 5.74) is 9.35. The number of aryl methyl sites for hydroxylation is 1. The molecule has 0 amide bonds. The molecule has 11 heteroatoms. The van der Waals surface area contributed by atoms with Crippen molar-refractivity contribution in [1.82, 2.24) is 10.6 Å². The molecule has 1 saturated carbocycles. The number of hydrogen-bond acceptors (Lipinski definition) is 11. The summed E-state index contributed by atoms with van der Waals surface area (Å²) in [5, 5.41) is 53.0. The van der Waals surface area contributed by atoms with Crippen LogP contribution in [-0.4, -0.2) is 76.3 Å². The number of aliphatic hydroxyl groups excluding tert-OH is 2. The van der Waals surface area contributed by atoms with E-state index < -0.39 is 24.0 Å². The maximum atomic E-state index is 13.7. The Bertz CT molecular complexity index is 2040. The molecule has 2 fully saturated rings. The minimum Gasteiger partial charge on any atom is -0.508 e. The number of methoxy groups -OCH3 is 1. The lowest BCUT2D eigenvalue weighted by molar-refractivity contribution is -0.124. The van der Waals surface area contributed by atoms with Crippen LogP contribution in [-0.2, 0) is 22.4 Å². The quantitative estimate of drug-likeness (QED) is 0.0866. The van der Waals surface area contributed by atoms with Gasteiger partial charge in [-0.2, -0.15) is 0 Å². The van der Waals surface area contributed by atoms with Gasteiger partial charge in [-0.15, -0.1) is 0 Å². The number of carbonyl (C=O) groups excluding carboxylic acids is 2. The molecule has 304 valence electrons. The van der Waals surface area contributed by atoms with E-state index in [4.69, 9.17) is 10.5 Å². The number of rotatable bonds is 13. The van der Waals surface area contributed by atoms with Gasteiger partial charge in [0, 0.05) is 43.8 Å². The van der Waals surface area contributed by atoms with Crippen LogP contribution >= 0.6 is 0 Å². The van der Waals surface area contributed by atoms with E-state index in [2.05, 4.69) is 27.5 Å². The number of guanidine groups is 1. The highest BCUT2D eigenvalue weighted by Gasteiger charge is 2.35. The van der Waals surface area contributed by atoms with Crippen LogP contribution in [0.1, 0.15) is 111 Å². The van der Waals surface area contributed by atoms with Crippen molar-refractivity contribution in [1.29, 1.82) is 0 Å². The van der Waals surface area contributed by atoms with Crippen LogP contribution in [0.3, 0.4) is 0 Å². The first-order valence-corrected chi connectivity index (χ1v) is 20.9.